The lowest BCUT2D eigenvalue weighted by Crippen LogP contribution is -2.38. The summed E-state index contributed by atoms with van der Waals surface area (Å²) in [5.74, 6) is -0.136. The Morgan fingerprint density at radius 1 is 1.75 bits per heavy atom. The Hall–Kier alpha value is -0.100. The SMILES string of the molecule is COCC(CCBr)NC(=O)c1sccc1Cl. The average Bonchev–Trinajstić information content (AvgIpc) is 2.65. The van der Waals surface area contributed by atoms with E-state index >= 15 is 0 Å². The number of ether oxygens (including phenoxy) is 1. The average molecular weight is 327 g/mol. The molecule has 0 aliphatic rings. The zero-order chi connectivity index (χ0) is 12.0. The van der Waals surface area contributed by atoms with Crippen LogP contribution in [0.25, 0.3) is 0 Å². The van der Waals surface area contributed by atoms with Crippen molar-refractivity contribution in [1.82, 2.24) is 5.32 Å². The fraction of sp³-hybridized carbons (Fsp3) is 0.500. The largest absolute Gasteiger partial charge is 0.383 e. The molecule has 0 saturated carbocycles. The molecule has 90 valence electrons. The van der Waals surface area contributed by atoms with E-state index in [1.807, 2.05) is 0 Å². The van der Waals surface area contributed by atoms with Crippen LogP contribution < -0.4 is 5.32 Å². The van der Waals surface area contributed by atoms with Gasteiger partial charge in [-0.3, -0.25) is 4.79 Å². The number of carbonyl (C=O) groups is 1. The maximum Gasteiger partial charge on any atom is 0.263 e. The highest BCUT2D eigenvalue weighted by Gasteiger charge is 2.16. The number of hydrogen-bond donors (Lipinski definition) is 1. The minimum absolute atomic E-state index is 0.00930. The van der Waals surface area contributed by atoms with Gasteiger partial charge in [-0.1, -0.05) is 27.5 Å². The fourth-order valence-electron chi connectivity index (χ4n) is 1.24. The summed E-state index contributed by atoms with van der Waals surface area (Å²) in [5.41, 5.74) is 0. The third kappa shape index (κ3) is 4.05. The molecule has 6 heteroatoms. The van der Waals surface area contributed by atoms with E-state index in [9.17, 15) is 4.79 Å². The smallest absolute Gasteiger partial charge is 0.263 e. The van der Waals surface area contributed by atoms with Crippen LogP contribution in [0.5, 0.6) is 0 Å². The van der Waals surface area contributed by atoms with Gasteiger partial charge in [-0.05, 0) is 17.9 Å². The van der Waals surface area contributed by atoms with E-state index in [0.29, 0.717) is 16.5 Å². The van der Waals surface area contributed by atoms with Crippen molar-refractivity contribution in [2.75, 3.05) is 19.0 Å². The summed E-state index contributed by atoms with van der Waals surface area (Å²) in [7, 11) is 1.62. The number of rotatable bonds is 6. The van der Waals surface area contributed by atoms with Crippen molar-refractivity contribution in [2.45, 2.75) is 12.5 Å². The quantitative estimate of drug-likeness (QED) is 0.816. The fourth-order valence-corrected chi connectivity index (χ4v) is 2.83. The molecule has 0 bridgehead atoms. The standard InChI is InChI=1S/C10H13BrClNO2S/c1-15-6-7(2-4-11)13-10(14)9-8(12)3-5-16-9/h3,5,7H,2,4,6H2,1H3,(H,13,14). The monoisotopic (exact) mass is 325 g/mol. The van der Waals surface area contributed by atoms with Gasteiger partial charge in [0.25, 0.3) is 5.91 Å². The molecular formula is C10H13BrClNO2S. The molecule has 0 aromatic carbocycles. The molecule has 1 N–H and O–H groups in total. The van der Waals surface area contributed by atoms with Gasteiger partial charge in [-0.2, -0.15) is 0 Å². The predicted molar refractivity (Wildman–Crippen MR) is 70.9 cm³/mol. The summed E-state index contributed by atoms with van der Waals surface area (Å²) in [5, 5.41) is 6.01. The molecule has 1 aromatic rings. The van der Waals surface area contributed by atoms with Crippen LogP contribution in [0.1, 0.15) is 16.1 Å². The van der Waals surface area contributed by atoms with Gasteiger partial charge in [0.2, 0.25) is 0 Å². The third-order valence-corrected chi connectivity index (χ3v) is 3.78. The van der Waals surface area contributed by atoms with Crippen LogP contribution >= 0.6 is 38.9 Å². The minimum atomic E-state index is -0.136. The number of hydrogen-bond acceptors (Lipinski definition) is 3. The van der Waals surface area contributed by atoms with Gasteiger partial charge < -0.3 is 10.1 Å². The van der Waals surface area contributed by atoms with Crippen LogP contribution in [0.3, 0.4) is 0 Å². The van der Waals surface area contributed by atoms with Gasteiger partial charge in [0.05, 0.1) is 17.7 Å². The first-order valence-corrected chi connectivity index (χ1v) is 7.15. The van der Waals surface area contributed by atoms with E-state index in [4.69, 9.17) is 16.3 Å². The molecular weight excluding hydrogens is 314 g/mol. The highest BCUT2D eigenvalue weighted by atomic mass is 79.9. The van der Waals surface area contributed by atoms with Gasteiger partial charge in [0.1, 0.15) is 4.88 Å². The first-order valence-electron chi connectivity index (χ1n) is 4.77. The van der Waals surface area contributed by atoms with Crippen molar-refractivity contribution in [1.29, 1.82) is 0 Å². The zero-order valence-corrected chi connectivity index (χ0v) is 12.0. The Labute approximate surface area is 112 Å². The van der Waals surface area contributed by atoms with E-state index in [2.05, 4.69) is 21.2 Å². The topological polar surface area (TPSA) is 38.3 Å². The summed E-state index contributed by atoms with van der Waals surface area (Å²) in [6.07, 6.45) is 0.822. The second-order valence-electron chi connectivity index (χ2n) is 3.20. The lowest BCUT2D eigenvalue weighted by atomic mass is 10.2. The Bertz CT molecular complexity index is 339. The lowest BCUT2D eigenvalue weighted by Gasteiger charge is -2.16. The molecule has 1 unspecified atom stereocenters. The maximum atomic E-state index is 11.8. The van der Waals surface area contributed by atoms with Crippen molar-refractivity contribution in [2.24, 2.45) is 0 Å². The first kappa shape index (κ1) is 14.0. The number of thiophene rings is 1. The molecule has 1 amide bonds. The molecule has 1 atom stereocenters. The van der Waals surface area contributed by atoms with E-state index in [-0.39, 0.29) is 11.9 Å². The van der Waals surface area contributed by atoms with Crippen molar-refractivity contribution < 1.29 is 9.53 Å². The Morgan fingerprint density at radius 2 is 2.50 bits per heavy atom. The Balaban J connectivity index is 2.58. The van der Waals surface area contributed by atoms with Gasteiger partial charge >= 0.3 is 0 Å². The van der Waals surface area contributed by atoms with Crippen molar-refractivity contribution >= 4 is 44.8 Å². The number of carbonyl (C=O) groups excluding carboxylic acids is 1. The van der Waals surface area contributed by atoms with E-state index in [1.54, 1.807) is 18.6 Å². The van der Waals surface area contributed by atoms with E-state index in [0.717, 1.165) is 11.8 Å². The van der Waals surface area contributed by atoms with Crippen molar-refractivity contribution in [3.05, 3.63) is 21.3 Å². The number of amides is 1. The molecule has 0 fully saturated rings. The van der Waals surface area contributed by atoms with E-state index < -0.39 is 0 Å². The number of halogens is 2. The van der Waals surface area contributed by atoms with E-state index in [1.165, 1.54) is 11.3 Å². The van der Waals surface area contributed by atoms with Crippen molar-refractivity contribution in [3.8, 4) is 0 Å². The molecule has 3 nitrogen and oxygen atoms in total. The summed E-state index contributed by atoms with van der Waals surface area (Å²) in [6.45, 7) is 0.500. The lowest BCUT2D eigenvalue weighted by molar-refractivity contribution is 0.0899. The zero-order valence-electron chi connectivity index (χ0n) is 8.83. The molecule has 16 heavy (non-hydrogen) atoms. The van der Waals surface area contributed by atoms with Crippen LogP contribution in [0.15, 0.2) is 11.4 Å². The second-order valence-corrected chi connectivity index (χ2v) is 5.32. The van der Waals surface area contributed by atoms with Gasteiger partial charge in [0.15, 0.2) is 0 Å². The summed E-state index contributed by atoms with van der Waals surface area (Å²) in [4.78, 5) is 12.4. The van der Waals surface area contributed by atoms with Crippen LogP contribution in [0, 0.1) is 0 Å². The number of alkyl halides is 1. The molecule has 0 saturated heterocycles. The third-order valence-electron chi connectivity index (χ3n) is 1.98. The van der Waals surface area contributed by atoms with Gasteiger partial charge in [-0.25, -0.2) is 0 Å². The summed E-state index contributed by atoms with van der Waals surface area (Å²) >= 11 is 10.6. The van der Waals surface area contributed by atoms with Crippen LogP contribution in [-0.4, -0.2) is 31.0 Å². The Morgan fingerprint density at radius 3 is 3.00 bits per heavy atom. The maximum absolute atomic E-state index is 11.8. The summed E-state index contributed by atoms with van der Waals surface area (Å²) < 4.78 is 5.04. The second kappa shape index (κ2) is 7.27. The first-order chi connectivity index (χ1) is 7.69. The molecule has 0 aliphatic heterocycles. The summed E-state index contributed by atoms with van der Waals surface area (Å²) in [6, 6.07) is 1.73. The molecule has 1 heterocycles. The van der Waals surface area contributed by atoms with Crippen molar-refractivity contribution in [3.63, 3.8) is 0 Å². The predicted octanol–water partition coefficient (Wildman–Crippen LogP) is 2.93. The van der Waals surface area contributed by atoms with Crippen LogP contribution in [-0.2, 0) is 4.74 Å². The normalized spacial score (nSPS) is 12.4. The highest BCUT2D eigenvalue weighted by Crippen LogP contribution is 2.21. The molecule has 0 radical (unpaired) electrons. The molecule has 1 rings (SSSR count). The molecule has 1 aromatic heterocycles. The van der Waals surface area contributed by atoms with Gasteiger partial charge in [0, 0.05) is 12.4 Å². The highest BCUT2D eigenvalue weighted by molar-refractivity contribution is 9.09. The van der Waals surface area contributed by atoms with Crippen LogP contribution in [0.2, 0.25) is 5.02 Å². The minimum Gasteiger partial charge on any atom is -0.383 e. The number of nitrogens with one attached hydrogen (secondary N) is 1. The Kier molecular flexibility index (Phi) is 6.34. The van der Waals surface area contributed by atoms with Crippen LogP contribution in [0.4, 0.5) is 0 Å². The molecule has 0 aliphatic carbocycles. The number of methoxy groups -OCH3 is 1. The molecule has 0 spiro atoms. The van der Waals surface area contributed by atoms with Gasteiger partial charge in [-0.15, -0.1) is 11.3 Å².